The average molecular weight is 478 g/mol. The van der Waals surface area contributed by atoms with Crippen molar-refractivity contribution in [3.8, 4) is 0 Å². The summed E-state index contributed by atoms with van der Waals surface area (Å²) in [6.45, 7) is 9.31. The number of aromatic nitrogens is 3. The van der Waals surface area contributed by atoms with Gasteiger partial charge < -0.3 is 5.11 Å². The monoisotopic (exact) mass is 477 g/mol. The summed E-state index contributed by atoms with van der Waals surface area (Å²) < 4.78 is 1.83. The third-order valence-corrected chi connectivity index (χ3v) is 11.6. The number of carbonyl (C=O) groups excluding carboxylic acids is 1. The highest BCUT2D eigenvalue weighted by molar-refractivity contribution is 5.83. The maximum Gasteiger partial charge on any atom is 0.157 e. The molecule has 4 aliphatic rings. The minimum absolute atomic E-state index is 0.127. The van der Waals surface area contributed by atoms with Crippen molar-refractivity contribution in [3.63, 3.8) is 0 Å². The van der Waals surface area contributed by atoms with Gasteiger partial charge in [0.25, 0.3) is 0 Å². The number of hydrogen-bond donors (Lipinski definition) is 1. The van der Waals surface area contributed by atoms with Crippen molar-refractivity contribution in [1.29, 1.82) is 0 Å². The molecule has 190 valence electrons. The fraction of sp³-hybridized carbons (Fsp3) is 0.767. The van der Waals surface area contributed by atoms with Gasteiger partial charge in [0.1, 0.15) is 11.0 Å². The Kier molecular flexibility index (Phi) is 5.49. The zero-order valence-electron chi connectivity index (χ0n) is 22.1. The van der Waals surface area contributed by atoms with E-state index in [9.17, 15) is 9.90 Å². The molecular weight excluding hydrogens is 434 g/mol. The first-order valence-electron chi connectivity index (χ1n) is 14.2. The lowest BCUT2D eigenvalue weighted by Crippen LogP contribution is -2.56. The number of Topliss-reactive ketones (excluding diaryl/α,β-unsaturated/α-hetero) is 1. The van der Waals surface area contributed by atoms with Gasteiger partial charge in [-0.15, -0.1) is 0 Å². The Bertz CT molecular complexity index is 1140. The van der Waals surface area contributed by atoms with Gasteiger partial charge in [0, 0.05) is 12.1 Å². The fourth-order valence-corrected chi connectivity index (χ4v) is 9.88. The van der Waals surface area contributed by atoms with E-state index in [0.717, 1.165) is 47.7 Å². The Morgan fingerprint density at radius 2 is 1.91 bits per heavy atom. The van der Waals surface area contributed by atoms with Crippen molar-refractivity contribution >= 4 is 16.8 Å². The highest BCUT2D eigenvalue weighted by Gasteiger charge is 2.62. The predicted octanol–water partition coefficient (Wildman–Crippen LogP) is 6.11. The number of aliphatic hydroxyl groups is 1. The smallest absolute Gasteiger partial charge is 0.157 e. The van der Waals surface area contributed by atoms with Crippen molar-refractivity contribution in [2.45, 2.75) is 104 Å². The lowest BCUT2D eigenvalue weighted by molar-refractivity contribution is -0.158. The largest absolute Gasteiger partial charge is 0.390 e. The van der Waals surface area contributed by atoms with E-state index >= 15 is 0 Å². The quantitative estimate of drug-likeness (QED) is 0.577. The van der Waals surface area contributed by atoms with Gasteiger partial charge in [-0.3, -0.25) is 14.5 Å². The van der Waals surface area contributed by atoms with Crippen LogP contribution < -0.4 is 0 Å². The van der Waals surface area contributed by atoms with Crippen LogP contribution in [-0.2, 0) is 11.3 Å². The molecule has 4 fully saturated rings. The number of fused-ring (bicyclic) bond motifs is 6. The Morgan fingerprint density at radius 1 is 1.09 bits per heavy atom. The van der Waals surface area contributed by atoms with Crippen LogP contribution in [0.4, 0.5) is 0 Å². The molecule has 5 heteroatoms. The molecule has 2 aromatic heterocycles. The van der Waals surface area contributed by atoms with Crippen molar-refractivity contribution in [2.75, 3.05) is 0 Å². The van der Waals surface area contributed by atoms with E-state index in [4.69, 9.17) is 0 Å². The molecule has 1 N–H and O–H groups in total. The first-order chi connectivity index (χ1) is 16.6. The molecule has 0 saturated heterocycles. The van der Waals surface area contributed by atoms with Crippen LogP contribution in [-0.4, -0.2) is 31.3 Å². The molecule has 0 radical (unpaired) electrons. The number of ketones is 1. The van der Waals surface area contributed by atoms with E-state index in [1.807, 2.05) is 30.1 Å². The minimum atomic E-state index is -0.476. The van der Waals surface area contributed by atoms with Crippen LogP contribution in [0.5, 0.6) is 0 Å². The van der Waals surface area contributed by atoms with Crippen molar-refractivity contribution in [3.05, 3.63) is 24.0 Å². The molecule has 0 amide bonds. The number of carbonyl (C=O) groups is 1. The fourth-order valence-electron chi connectivity index (χ4n) is 9.88. The van der Waals surface area contributed by atoms with Gasteiger partial charge in [-0.2, -0.15) is 5.10 Å². The Labute approximate surface area is 210 Å². The molecule has 0 spiro atoms. The molecule has 2 aromatic rings. The van der Waals surface area contributed by atoms with Crippen LogP contribution in [0.25, 0.3) is 11.0 Å². The zero-order chi connectivity index (χ0) is 24.6. The summed E-state index contributed by atoms with van der Waals surface area (Å²) in [5.41, 5.74) is 2.90. The molecule has 0 aromatic carbocycles. The van der Waals surface area contributed by atoms with Crippen molar-refractivity contribution < 1.29 is 9.90 Å². The molecule has 8 atom stereocenters. The van der Waals surface area contributed by atoms with Gasteiger partial charge in [0.2, 0.25) is 0 Å². The SMILES string of the molecule is CC[C@]12CC[C@@](C)(O)C[C@@H]1CC[C@H]1[C@@H]3CC[C@H](C(=O)Cn4cc5ncc(C)cc5n4)[C@@]3(C)CC[C@@H]12. The van der Waals surface area contributed by atoms with Crippen LogP contribution >= 0.6 is 0 Å². The standard InChI is InChI=1S/C30H43N3O2/c1-5-30-13-12-28(3,35)15-20(30)6-7-21-22-8-9-24(29(22,4)11-10-23(21)30)27(34)18-33-17-26-25(32-33)14-19(2)16-31-26/h14,16-17,20-24,35H,5-13,15,18H2,1-4H3/t20-,21-,22-,23-,24+,28+,29-,30-/m0/s1. The van der Waals surface area contributed by atoms with E-state index in [1.165, 1.54) is 44.9 Å². The number of rotatable bonds is 4. The zero-order valence-corrected chi connectivity index (χ0v) is 22.1. The van der Waals surface area contributed by atoms with E-state index < -0.39 is 5.60 Å². The molecule has 2 heterocycles. The summed E-state index contributed by atoms with van der Waals surface area (Å²) in [5.74, 6) is 3.39. The normalized spacial score (nSPS) is 42.9. The third-order valence-electron chi connectivity index (χ3n) is 11.6. The lowest BCUT2D eigenvalue weighted by atomic mass is 9.42. The molecule has 0 aliphatic heterocycles. The first-order valence-corrected chi connectivity index (χ1v) is 14.2. The van der Waals surface area contributed by atoms with Crippen LogP contribution in [0.1, 0.15) is 90.5 Å². The van der Waals surface area contributed by atoms with Gasteiger partial charge >= 0.3 is 0 Å². The maximum absolute atomic E-state index is 13.7. The molecule has 0 unspecified atom stereocenters. The molecule has 0 bridgehead atoms. The van der Waals surface area contributed by atoms with E-state index in [-0.39, 0.29) is 11.3 Å². The summed E-state index contributed by atoms with van der Waals surface area (Å²) in [6, 6.07) is 2.04. The Morgan fingerprint density at radius 3 is 2.71 bits per heavy atom. The predicted molar refractivity (Wildman–Crippen MR) is 138 cm³/mol. The number of nitrogens with zero attached hydrogens (tertiary/aromatic N) is 3. The minimum Gasteiger partial charge on any atom is -0.390 e. The first kappa shape index (κ1) is 23.6. The second-order valence-corrected chi connectivity index (χ2v) is 13.3. The average Bonchev–Trinajstić information content (AvgIpc) is 3.37. The molecule has 6 rings (SSSR count). The highest BCUT2D eigenvalue weighted by Crippen LogP contribution is 2.69. The van der Waals surface area contributed by atoms with Crippen LogP contribution in [0.2, 0.25) is 0 Å². The Hall–Kier alpha value is -1.75. The summed E-state index contributed by atoms with van der Waals surface area (Å²) in [4.78, 5) is 18.2. The number of aryl methyl sites for hydroxylation is 1. The number of hydrogen-bond acceptors (Lipinski definition) is 4. The molecule has 35 heavy (non-hydrogen) atoms. The summed E-state index contributed by atoms with van der Waals surface area (Å²) in [7, 11) is 0. The van der Waals surface area contributed by atoms with Gasteiger partial charge in [-0.25, -0.2) is 0 Å². The van der Waals surface area contributed by atoms with E-state index in [2.05, 4.69) is 30.9 Å². The topological polar surface area (TPSA) is 68.0 Å². The summed E-state index contributed by atoms with van der Waals surface area (Å²) >= 11 is 0. The molecule has 5 nitrogen and oxygen atoms in total. The van der Waals surface area contributed by atoms with E-state index in [0.29, 0.717) is 29.6 Å². The van der Waals surface area contributed by atoms with Gasteiger partial charge in [0.15, 0.2) is 5.78 Å². The Balaban J connectivity index is 1.22. The second kappa shape index (κ2) is 8.13. The van der Waals surface area contributed by atoms with Crippen LogP contribution in [0.15, 0.2) is 18.5 Å². The van der Waals surface area contributed by atoms with Crippen molar-refractivity contribution in [2.24, 2.45) is 40.4 Å². The van der Waals surface area contributed by atoms with E-state index in [1.54, 1.807) is 0 Å². The van der Waals surface area contributed by atoms with Gasteiger partial charge in [0.05, 0.1) is 18.3 Å². The molecule has 4 aliphatic carbocycles. The lowest BCUT2D eigenvalue weighted by Gasteiger charge is -2.63. The summed E-state index contributed by atoms with van der Waals surface area (Å²) in [5, 5.41) is 15.5. The molecule has 4 saturated carbocycles. The number of pyridine rings is 1. The highest BCUT2D eigenvalue weighted by atomic mass is 16.3. The van der Waals surface area contributed by atoms with Gasteiger partial charge in [-0.05, 0) is 124 Å². The van der Waals surface area contributed by atoms with Crippen LogP contribution in [0, 0.1) is 47.3 Å². The summed E-state index contributed by atoms with van der Waals surface area (Å²) in [6.07, 6.45) is 15.4. The molecular formula is C30H43N3O2. The van der Waals surface area contributed by atoms with Crippen molar-refractivity contribution in [1.82, 2.24) is 14.8 Å². The third kappa shape index (κ3) is 3.62. The van der Waals surface area contributed by atoms with Crippen LogP contribution in [0.3, 0.4) is 0 Å². The maximum atomic E-state index is 13.7. The van der Waals surface area contributed by atoms with Gasteiger partial charge in [-0.1, -0.05) is 13.8 Å². The second-order valence-electron chi connectivity index (χ2n) is 13.3.